The summed E-state index contributed by atoms with van der Waals surface area (Å²) in [5.74, 6) is -0.675. The van der Waals surface area contributed by atoms with Gasteiger partial charge in [0, 0.05) is 16.3 Å². The third-order valence-corrected chi connectivity index (χ3v) is 6.83. The van der Waals surface area contributed by atoms with Crippen molar-refractivity contribution in [2.45, 2.75) is 24.4 Å². The van der Waals surface area contributed by atoms with Crippen LogP contribution in [0.15, 0.2) is 77.8 Å². The number of carbonyl (C=O) groups is 2. The minimum absolute atomic E-state index is 0.0829. The first-order valence-corrected chi connectivity index (χ1v) is 11.7. The third-order valence-electron chi connectivity index (χ3n) is 5.86. The van der Waals surface area contributed by atoms with Crippen LogP contribution in [-0.2, 0) is 9.59 Å². The average Bonchev–Trinajstić information content (AvgIpc) is 2.83. The van der Waals surface area contributed by atoms with Crippen molar-refractivity contribution < 1.29 is 14.0 Å². The van der Waals surface area contributed by atoms with Crippen LogP contribution in [0.3, 0.4) is 0 Å². The van der Waals surface area contributed by atoms with Crippen molar-refractivity contribution in [1.29, 1.82) is 0 Å². The van der Waals surface area contributed by atoms with Crippen LogP contribution in [0.1, 0.15) is 13.8 Å². The second-order valence-corrected chi connectivity index (χ2v) is 9.42. The summed E-state index contributed by atoms with van der Waals surface area (Å²) in [4.78, 5) is 27.6. The van der Waals surface area contributed by atoms with E-state index in [4.69, 9.17) is 0 Å². The van der Waals surface area contributed by atoms with Gasteiger partial charge in [-0.2, -0.15) is 0 Å². The molecular formula is C26H21FN4O2S. The number of hydrogen-bond donors (Lipinski definition) is 1. The standard InChI is InChI=1S/C26H21FN4O2S/c1-26(2)25(33)28-20-9-5-6-10-21(20)31(26)22(32)15-34-24-19-8-4-3-7-18(19)23(29-30-24)16-11-13-17(27)14-12-16/h3-14H,15H2,1-2H3,(H,28,33). The predicted molar refractivity (Wildman–Crippen MR) is 132 cm³/mol. The molecule has 3 aromatic carbocycles. The van der Waals surface area contributed by atoms with Gasteiger partial charge < -0.3 is 5.32 Å². The second kappa shape index (κ2) is 8.53. The van der Waals surface area contributed by atoms with Crippen molar-refractivity contribution >= 4 is 45.7 Å². The van der Waals surface area contributed by atoms with Gasteiger partial charge in [-0.05, 0) is 50.2 Å². The molecule has 2 amide bonds. The molecule has 0 saturated heterocycles. The highest BCUT2D eigenvalue weighted by Gasteiger charge is 2.43. The summed E-state index contributed by atoms with van der Waals surface area (Å²) < 4.78 is 13.4. The van der Waals surface area contributed by atoms with Gasteiger partial charge in [0.15, 0.2) is 0 Å². The first-order chi connectivity index (χ1) is 16.4. The number of amides is 2. The Hall–Kier alpha value is -3.78. The highest BCUT2D eigenvalue weighted by molar-refractivity contribution is 8.00. The molecule has 6 nitrogen and oxygen atoms in total. The zero-order valence-electron chi connectivity index (χ0n) is 18.6. The van der Waals surface area contributed by atoms with Gasteiger partial charge in [0.05, 0.1) is 17.1 Å². The van der Waals surface area contributed by atoms with Crippen LogP contribution >= 0.6 is 11.8 Å². The van der Waals surface area contributed by atoms with E-state index in [1.165, 1.54) is 23.9 Å². The number of para-hydroxylation sites is 2. The molecule has 0 radical (unpaired) electrons. The van der Waals surface area contributed by atoms with E-state index in [1.807, 2.05) is 42.5 Å². The van der Waals surface area contributed by atoms with Crippen LogP contribution in [0.25, 0.3) is 22.0 Å². The summed E-state index contributed by atoms with van der Waals surface area (Å²) >= 11 is 1.28. The van der Waals surface area contributed by atoms with Crippen molar-refractivity contribution in [3.63, 3.8) is 0 Å². The van der Waals surface area contributed by atoms with Crippen molar-refractivity contribution in [3.8, 4) is 11.3 Å². The Balaban J connectivity index is 1.46. The van der Waals surface area contributed by atoms with Gasteiger partial charge in [-0.15, -0.1) is 10.2 Å². The lowest BCUT2D eigenvalue weighted by atomic mass is 9.96. The second-order valence-electron chi connectivity index (χ2n) is 8.45. The molecule has 8 heteroatoms. The van der Waals surface area contributed by atoms with Crippen LogP contribution in [0.2, 0.25) is 0 Å². The summed E-state index contributed by atoms with van der Waals surface area (Å²) in [5, 5.41) is 14.0. The summed E-state index contributed by atoms with van der Waals surface area (Å²) in [6.07, 6.45) is 0. The van der Waals surface area contributed by atoms with Gasteiger partial charge in [-0.3, -0.25) is 14.5 Å². The van der Waals surface area contributed by atoms with Gasteiger partial charge in [0.2, 0.25) is 11.8 Å². The number of hydrogen-bond acceptors (Lipinski definition) is 5. The van der Waals surface area contributed by atoms with E-state index in [0.717, 1.165) is 16.3 Å². The third kappa shape index (κ3) is 3.80. The Kier molecular flexibility index (Phi) is 5.53. The Labute approximate surface area is 200 Å². The number of nitrogens with zero attached hydrogens (tertiary/aromatic N) is 3. The van der Waals surface area contributed by atoms with E-state index < -0.39 is 5.54 Å². The van der Waals surface area contributed by atoms with Crippen LogP contribution in [-0.4, -0.2) is 33.3 Å². The smallest absolute Gasteiger partial charge is 0.250 e. The topological polar surface area (TPSA) is 75.2 Å². The molecule has 1 aliphatic heterocycles. The fraction of sp³-hybridized carbons (Fsp3) is 0.154. The van der Waals surface area contributed by atoms with Crippen LogP contribution < -0.4 is 10.2 Å². The fourth-order valence-corrected chi connectivity index (χ4v) is 4.92. The molecule has 1 aliphatic rings. The predicted octanol–water partition coefficient (Wildman–Crippen LogP) is 5.29. The van der Waals surface area contributed by atoms with E-state index >= 15 is 0 Å². The Bertz CT molecular complexity index is 1420. The maximum Gasteiger partial charge on any atom is 0.250 e. The van der Waals surface area contributed by atoms with Gasteiger partial charge >= 0.3 is 0 Å². The number of rotatable bonds is 4. The number of aromatic nitrogens is 2. The van der Waals surface area contributed by atoms with Gasteiger partial charge in [-0.25, -0.2) is 4.39 Å². The number of carbonyl (C=O) groups excluding carboxylic acids is 2. The number of thioether (sulfide) groups is 1. The summed E-state index contributed by atoms with van der Waals surface area (Å²) in [6, 6.07) is 21.1. The van der Waals surface area contributed by atoms with Crippen LogP contribution in [0, 0.1) is 5.82 Å². The van der Waals surface area contributed by atoms with Gasteiger partial charge in [0.1, 0.15) is 22.1 Å². The summed E-state index contributed by atoms with van der Waals surface area (Å²) in [6.45, 7) is 3.46. The molecule has 0 unspecified atom stereocenters. The number of halogens is 1. The van der Waals surface area contributed by atoms with E-state index in [2.05, 4.69) is 15.5 Å². The first kappa shape index (κ1) is 22.0. The highest BCUT2D eigenvalue weighted by Crippen LogP contribution is 2.38. The maximum absolute atomic E-state index is 13.4. The molecule has 2 heterocycles. The molecule has 34 heavy (non-hydrogen) atoms. The highest BCUT2D eigenvalue weighted by atomic mass is 32.2. The SMILES string of the molecule is CC1(C)C(=O)Nc2ccccc2N1C(=O)CSc1nnc(-c2ccc(F)cc2)c2ccccc12. The van der Waals surface area contributed by atoms with Crippen LogP contribution in [0.5, 0.6) is 0 Å². The quantitative estimate of drug-likeness (QED) is 0.409. The summed E-state index contributed by atoms with van der Waals surface area (Å²) in [7, 11) is 0. The number of anilines is 2. The monoisotopic (exact) mass is 472 g/mol. The molecule has 4 aromatic rings. The number of benzene rings is 3. The average molecular weight is 473 g/mol. The normalized spacial score (nSPS) is 14.6. The maximum atomic E-state index is 13.4. The Morgan fingerprint density at radius 1 is 0.971 bits per heavy atom. The first-order valence-electron chi connectivity index (χ1n) is 10.7. The Morgan fingerprint density at radius 3 is 2.41 bits per heavy atom. The largest absolute Gasteiger partial charge is 0.322 e. The van der Waals surface area contributed by atoms with E-state index in [1.54, 1.807) is 36.9 Å². The van der Waals surface area contributed by atoms with E-state index in [-0.39, 0.29) is 23.4 Å². The minimum atomic E-state index is -1.04. The number of fused-ring (bicyclic) bond motifs is 2. The molecule has 0 saturated carbocycles. The Morgan fingerprint density at radius 2 is 1.65 bits per heavy atom. The lowest BCUT2D eigenvalue weighted by Gasteiger charge is -2.42. The lowest BCUT2D eigenvalue weighted by molar-refractivity contribution is -0.125. The molecule has 0 spiro atoms. The molecule has 0 bridgehead atoms. The van der Waals surface area contributed by atoms with Crippen molar-refractivity contribution in [1.82, 2.24) is 10.2 Å². The zero-order valence-corrected chi connectivity index (χ0v) is 19.4. The molecule has 1 N–H and O–H groups in total. The van der Waals surface area contributed by atoms with Gasteiger partial charge in [0.25, 0.3) is 0 Å². The van der Waals surface area contributed by atoms with Gasteiger partial charge in [-0.1, -0.05) is 48.2 Å². The zero-order chi connectivity index (χ0) is 23.9. The molecular weight excluding hydrogens is 451 g/mol. The molecule has 1 aromatic heterocycles. The minimum Gasteiger partial charge on any atom is -0.322 e. The molecule has 0 atom stereocenters. The van der Waals surface area contributed by atoms with Crippen molar-refractivity contribution in [2.24, 2.45) is 0 Å². The molecule has 0 aliphatic carbocycles. The molecule has 0 fully saturated rings. The van der Waals surface area contributed by atoms with E-state index in [0.29, 0.717) is 22.1 Å². The van der Waals surface area contributed by atoms with Crippen molar-refractivity contribution in [3.05, 3.63) is 78.6 Å². The number of nitrogens with one attached hydrogen (secondary N) is 1. The lowest BCUT2D eigenvalue weighted by Crippen LogP contribution is -2.58. The fourth-order valence-electron chi connectivity index (χ4n) is 4.10. The van der Waals surface area contributed by atoms with Crippen LogP contribution in [0.4, 0.5) is 15.8 Å². The van der Waals surface area contributed by atoms with Crippen molar-refractivity contribution in [2.75, 3.05) is 16.0 Å². The molecule has 5 rings (SSSR count). The van der Waals surface area contributed by atoms with E-state index in [9.17, 15) is 14.0 Å². The summed E-state index contributed by atoms with van der Waals surface area (Å²) in [5.41, 5.74) is 1.65. The molecule has 170 valence electrons.